The van der Waals surface area contributed by atoms with Crippen LogP contribution in [0, 0.1) is 6.20 Å². The van der Waals surface area contributed by atoms with E-state index >= 15 is 0 Å². The van der Waals surface area contributed by atoms with E-state index in [9.17, 15) is 0 Å². The molecule has 0 aliphatic heterocycles. The Morgan fingerprint density at radius 2 is 2.40 bits per heavy atom. The summed E-state index contributed by atoms with van der Waals surface area (Å²) in [6.07, 6.45) is 6.14. The monoisotopic (exact) mass is 152 g/mol. The normalized spacial score (nSPS) is 15.3. The first-order chi connectivity index (χ1) is 4.88. The first-order valence-electron chi connectivity index (χ1n) is 3.42. The second kappa shape index (κ2) is 2.24. The van der Waals surface area contributed by atoms with Gasteiger partial charge in [0.05, 0.1) is 6.20 Å². The minimum absolute atomic E-state index is 0.836. The molecule has 0 unspecified atom stereocenters. The largest absolute Gasteiger partial charge is 0.251 e. The van der Waals surface area contributed by atoms with Crippen LogP contribution in [0.5, 0.6) is 0 Å². The lowest BCUT2D eigenvalue weighted by atomic mass is 10.2. The molecule has 2 heteroatoms. The van der Waals surface area contributed by atoms with Crippen molar-refractivity contribution in [1.29, 1.82) is 0 Å². The first-order valence-corrected chi connectivity index (χ1v) is 3.80. The molecule has 0 fully saturated rings. The fourth-order valence-electron chi connectivity index (χ4n) is 1.36. The maximum atomic E-state index is 5.90. The third-order valence-corrected chi connectivity index (χ3v) is 2.21. The van der Waals surface area contributed by atoms with Crippen molar-refractivity contribution in [2.45, 2.75) is 19.3 Å². The van der Waals surface area contributed by atoms with Gasteiger partial charge < -0.3 is 0 Å². The van der Waals surface area contributed by atoms with E-state index < -0.39 is 0 Å². The van der Waals surface area contributed by atoms with Gasteiger partial charge in [-0.3, -0.25) is 4.98 Å². The molecule has 0 saturated heterocycles. The number of aryl methyl sites for hydroxylation is 1. The Kier molecular flexibility index (Phi) is 1.38. The Morgan fingerprint density at radius 3 is 3.20 bits per heavy atom. The summed E-state index contributed by atoms with van der Waals surface area (Å²) < 4.78 is 0. The van der Waals surface area contributed by atoms with Gasteiger partial charge in [0, 0.05) is 10.7 Å². The lowest BCUT2D eigenvalue weighted by Gasteiger charge is -1.97. The Balaban J connectivity index is 2.59. The van der Waals surface area contributed by atoms with Crippen molar-refractivity contribution in [3.8, 4) is 0 Å². The van der Waals surface area contributed by atoms with E-state index in [1.807, 2.05) is 0 Å². The Labute approximate surface area is 65.0 Å². The van der Waals surface area contributed by atoms with Gasteiger partial charge in [0.1, 0.15) is 0 Å². The zero-order valence-electron chi connectivity index (χ0n) is 5.52. The molecule has 1 radical (unpaired) electrons. The smallest absolute Gasteiger partial charge is 0.0905 e. The van der Waals surface area contributed by atoms with E-state index in [2.05, 4.69) is 11.2 Å². The molecule has 0 saturated carbocycles. The molecular weight excluding hydrogens is 146 g/mol. The summed E-state index contributed by atoms with van der Waals surface area (Å²) in [6.45, 7) is 0. The molecule has 2 rings (SSSR count). The number of rotatable bonds is 0. The first kappa shape index (κ1) is 6.17. The molecule has 1 aromatic rings. The highest BCUT2D eigenvalue weighted by Gasteiger charge is 2.13. The van der Waals surface area contributed by atoms with Gasteiger partial charge in [0.15, 0.2) is 0 Å². The van der Waals surface area contributed by atoms with Gasteiger partial charge in [0.25, 0.3) is 0 Å². The molecule has 0 atom stereocenters. The van der Waals surface area contributed by atoms with Crippen LogP contribution in [0.1, 0.15) is 17.7 Å². The standard InChI is InChI=1S/C8H7ClN/c9-7-4-5-10-8-3-1-2-6(7)8/h4H,1-3H2. The second-order valence-corrected chi connectivity index (χ2v) is 2.92. The third kappa shape index (κ3) is 0.816. The molecule has 1 aliphatic rings. The van der Waals surface area contributed by atoms with Gasteiger partial charge >= 0.3 is 0 Å². The number of hydrogen-bond acceptors (Lipinski definition) is 1. The lowest BCUT2D eigenvalue weighted by molar-refractivity contribution is 0.899. The van der Waals surface area contributed by atoms with Crippen LogP contribution >= 0.6 is 11.6 Å². The van der Waals surface area contributed by atoms with Crippen LogP contribution in [0.2, 0.25) is 5.02 Å². The quantitative estimate of drug-likeness (QED) is 0.555. The van der Waals surface area contributed by atoms with Crippen LogP contribution in [0.25, 0.3) is 0 Å². The Bertz CT molecular complexity index is 257. The van der Waals surface area contributed by atoms with Crippen molar-refractivity contribution in [2.24, 2.45) is 0 Å². The Morgan fingerprint density at radius 1 is 1.50 bits per heavy atom. The Hall–Kier alpha value is -0.560. The summed E-state index contributed by atoms with van der Waals surface area (Å²) in [4.78, 5) is 4.11. The van der Waals surface area contributed by atoms with Crippen molar-refractivity contribution in [3.63, 3.8) is 0 Å². The molecule has 1 heterocycles. The van der Waals surface area contributed by atoms with E-state index in [0.29, 0.717) is 0 Å². The number of nitrogens with zero attached hydrogens (tertiary/aromatic N) is 1. The van der Waals surface area contributed by atoms with Crippen molar-refractivity contribution < 1.29 is 0 Å². The molecule has 51 valence electrons. The summed E-state index contributed by atoms with van der Waals surface area (Å²) in [5.74, 6) is 0. The maximum Gasteiger partial charge on any atom is 0.0905 e. The number of pyridine rings is 1. The number of aromatic nitrogens is 1. The number of fused-ring (bicyclic) bond motifs is 1. The zero-order chi connectivity index (χ0) is 6.97. The van der Waals surface area contributed by atoms with Crippen LogP contribution in [-0.4, -0.2) is 4.98 Å². The molecule has 1 nitrogen and oxygen atoms in total. The summed E-state index contributed by atoms with van der Waals surface area (Å²) >= 11 is 5.90. The fraction of sp³-hybridized carbons (Fsp3) is 0.375. The minimum atomic E-state index is 0.836. The SMILES string of the molecule is Clc1c[c]nc2c1CCC2. The average Bonchev–Trinajstić information content (AvgIpc) is 2.36. The summed E-state index contributed by atoms with van der Waals surface area (Å²) in [5.41, 5.74) is 2.38. The van der Waals surface area contributed by atoms with Gasteiger partial charge in [-0.25, -0.2) is 0 Å². The van der Waals surface area contributed by atoms with Crippen LogP contribution in [0.15, 0.2) is 6.07 Å². The van der Waals surface area contributed by atoms with Crippen LogP contribution in [-0.2, 0) is 12.8 Å². The molecule has 0 amide bonds. The lowest BCUT2D eigenvalue weighted by Crippen LogP contribution is -1.86. The number of hydrogen-bond donors (Lipinski definition) is 0. The van der Waals surface area contributed by atoms with Gasteiger partial charge in [-0.1, -0.05) is 11.6 Å². The predicted octanol–water partition coefficient (Wildman–Crippen LogP) is 2.02. The predicted molar refractivity (Wildman–Crippen MR) is 40.1 cm³/mol. The molecule has 1 aromatic heterocycles. The minimum Gasteiger partial charge on any atom is -0.251 e. The van der Waals surface area contributed by atoms with Crippen molar-refractivity contribution >= 4 is 11.6 Å². The third-order valence-electron chi connectivity index (χ3n) is 1.87. The van der Waals surface area contributed by atoms with Gasteiger partial charge in [-0.15, -0.1) is 0 Å². The summed E-state index contributed by atoms with van der Waals surface area (Å²) in [7, 11) is 0. The summed E-state index contributed by atoms with van der Waals surface area (Å²) in [6, 6.07) is 1.74. The van der Waals surface area contributed by atoms with E-state index in [1.165, 1.54) is 12.0 Å². The average molecular weight is 153 g/mol. The molecular formula is C8H7ClN. The number of halogens is 1. The van der Waals surface area contributed by atoms with E-state index in [0.717, 1.165) is 23.6 Å². The van der Waals surface area contributed by atoms with Gasteiger partial charge in [-0.05, 0) is 30.9 Å². The van der Waals surface area contributed by atoms with Crippen molar-refractivity contribution in [3.05, 3.63) is 28.5 Å². The van der Waals surface area contributed by atoms with Gasteiger partial charge in [0.2, 0.25) is 0 Å². The molecule has 0 N–H and O–H groups in total. The molecule has 0 aromatic carbocycles. The van der Waals surface area contributed by atoms with E-state index in [-0.39, 0.29) is 0 Å². The fourth-order valence-corrected chi connectivity index (χ4v) is 1.61. The van der Waals surface area contributed by atoms with Crippen molar-refractivity contribution in [1.82, 2.24) is 4.98 Å². The highest BCUT2D eigenvalue weighted by Crippen LogP contribution is 2.25. The van der Waals surface area contributed by atoms with Crippen molar-refractivity contribution in [2.75, 3.05) is 0 Å². The zero-order valence-corrected chi connectivity index (χ0v) is 6.28. The van der Waals surface area contributed by atoms with Crippen LogP contribution < -0.4 is 0 Å². The van der Waals surface area contributed by atoms with Crippen LogP contribution in [0.3, 0.4) is 0 Å². The molecule has 1 aliphatic carbocycles. The van der Waals surface area contributed by atoms with Crippen LogP contribution in [0.4, 0.5) is 0 Å². The highest BCUT2D eigenvalue weighted by molar-refractivity contribution is 6.31. The second-order valence-electron chi connectivity index (χ2n) is 2.51. The molecule has 0 bridgehead atoms. The van der Waals surface area contributed by atoms with Gasteiger partial charge in [-0.2, -0.15) is 0 Å². The molecule has 10 heavy (non-hydrogen) atoms. The molecule has 0 spiro atoms. The van der Waals surface area contributed by atoms with E-state index in [4.69, 9.17) is 11.6 Å². The highest BCUT2D eigenvalue weighted by atomic mass is 35.5. The maximum absolute atomic E-state index is 5.90. The van der Waals surface area contributed by atoms with E-state index in [1.54, 1.807) is 6.07 Å². The summed E-state index contributed by atoms with van der Waals surface area (Å²) in [5, 5.41) is 0.836. The topological polar surface area (TPSA) is 12.9 Å².